The molecule has 1 aromatic heterocycles. The van der Waals surface area contributed by atoms with Crippen LogP contribution in [0.2, 0.25) is 0 Å². The predicted octanol–water partition coefficient (Wildman–Crippen LogP) is 2.24. The van der Waals surface area contributed by atoms with Crippen molar-refractivity contribution in [3.8, 4) is 0 Å². The van der Waals surface area contributed by atoms with Gasteiger partial charge < -0.3 is 10.1 Å². The van der Waals surface area contributed by atoms with Crippen LogP contribution >= 0.6 is 0 Å². The van der Waals surface area contributed by atoms with Crippen LogP contribution in [-0.2, 0) is 16.4 Å². The smallest absolute Gasteiger partial charge is 0.243 e. The van der Waals surface area contributed by atoms with Gasteiger partial charge in [-0.05, 0) is 23.3 Å². The molecule has 0 unspecified atom stereocenters. The SMILES string of the molecule is O=S(=O)(N[C@H]1c2ccccc2C[C@H]1O)c1c[nH]c2cccc(F)c12. The Labute approximate surface area is 138 Å². The molecule has 0 spiro atoms. The molecule has 0 aliphatic heterocycles. The zero-order chi connectivity index (χ0) is 16.9. The van der Waals surface area contributed by atoms with E-state index >= 15 is 0 Å². The average molecular weight is 346 g/mol. The minimum atomic E-state index is -4.01. The number of aliphatic hydroxyl groups excluding tert-OH is 1. The second kappa shape index (κ2) is 5.41. The van der Waals surface area contributed by atoms with Crippen molar-refractivity contribution in [1.82, 2.24) is 9.71 Å². The molecule has 1 heterocycles. The Bertz CT molecular complexity index is 1030. The predicted molar refractivity (Wildman–Crippen MR) is 87.5 cm³/mol. The van der Waals surface area contributed by atoms with Crippen LogP contribution < -0.4 is 4.72 Å². The molecule has 1 aliphatic carbocycles. The molecule has 0 saturated heterocycles. The summed E-state index contributed by atoms with van der Waals surface area (Å²) in [4.78, 5) is 2.61. The molecule has 0 amide bonds. The van der Waals surface area contributed by atoms with Crippen molar-refractivity contribution in [3.63, 3.8) is 0 Å². The summed E-state index contributed by atoms with van der Waals surface area (Å²) in [6.07, 6.45) is 0.793. The minimum absolute atomic E-state index is 0.0192. The lowest BCUT2D eigenvalue weighted by Gasteiger charge is -2.17. The van der Waals surface area contributed by atoms with Crippen LogP contribution in [0.3, 0.4) is 0 Å². The summed E-state index contributed by atoms with van der Waals surface area (Å²) in [6, 6.07) is 10.9. The van der Waals surface area contributed by atoms with Crippen molar-refractivity contribution in [2.75, 3.05) is 0 Å². The summed E-state index contributed by atoms with van der Waals surface area (Å²) >= 11 is 0. The largest absolute Gasteiger partial charge is 0.391 e. The molecule has 2 atom stereocenters. The number of benzene rings is 2. The summed E-state index contributed by atoms with van der Waals surface area (Å²) in [6.45, 7) is 0. The zero-order valence-electron chi connectivity index (χ0n) is 12.5. The van der Waals surface area contributed by atoms with E-state index in [0.29, 0.717) is 11.9 Å². The second-order valence-corrected chi connectivity index (χ2v) is 7.57. The third kappa shape index (κ3) is 2.32. The lowest BCUT2D eigenvalue weighted by molar-refractivity contribution is 0.151. The molecular formula is C17H15FN2O3S. The van der Waals surface area contributed by atoms with Gasteiger partial charge in [0.05, 0.1) is 17.5 Å². The Morgan fingerprint density at radius 2 is 1.96 bits per heavy atom. The molecule has 5 nitrogen and oxygen atoms in total. The molecule has 0 radical (unpaired) electrons. The molecule has 0 saturated carbocycles. The maximum Gasteiger partial charge on any atom is 0.243 e. The molecule has 24 heavy (non-hydrogen) atoms. The monoisotopic (exact) mass is 346 g/mol. The van der Waals surface area contributed by atoms with Gasteiger partial charge in [0.2, 0.25) is 10.0 Å². The standard InChI is InChI=1S/C17H15FN2O3S/c18-12-6-3-7-13-16(12)15(9-19-13)24(22,23)20-17-11-5-2-1-4-10(11)8-14(17)21/h1-7,9,14,17,19-21H,8H2/t14-,17+/m1/s1. The third-order valence-corrected chi connectivity index (χ3v) is 5.86. The van der Waals surface area contributed by atoms with Gasteiger partial charge in [0.25, 0.3) is 0 Å². The molecule has 1 aliphatic rings. The van der Waals surface area contributed by atoms with Crippen LogP contribution in [-0.4, -0.2) is 24.6 Å². The highest BCUT2D eigenvalue weighted by molar-refractivity contribution is 7.89. The number of fused-ring (bicyclic) bond motifs is 2. The summed E-state index contributed by atoms with van der Waals surface area (Å²) in [5, 5.41) is 10.2. The molecule has 3 N–H and O–H groups in total. The topological polar surface area (TPSA) is 82.2 Å². The van der Waals surface area contributed by atoms with E-state index in [1.165, 1.54) is 18.3 Å². The number of halogens is 1. The molecule has 0 bridgehead atoms. The van der Waals surface area contributed by atoms with Gasteiger partial charge in [-0.25, -0.2) is 17.5 Å². The number of sulfonamides is 1. The number of hydrogen-bond acceptors (Lipinski definition) is 3. The second-order valence-electron chi connectivity index (χ2n) is 5.88. The lowest BCUT2D eigenvalue weighted by Crippen LogP contribution is -2.33. The fraction of sp³-hybridized carbons (Fsp3) is 0.176. The van der Waals surface area contributed by atoms with Crippen LogP contribution in [0.15, 0.2) is 53.6 Å². The number of rotatable bonds is 3. The zero-order valence-corrected chi connectivity index (χ0v) is 13.3. The van der Waals surface area contributed by atoms with E-state index in [1.807, 2.05) is 12.1 Å². The number of aromatic nitrogens is 1. The first-order chi connectivity index (χ1) is 11.5. The van der Waals surface area contributed by atoms with E-state index in [0.717, 1.165) is 11.1 Å². The van der Waals surface area contributed by atoms with E-state index in [9.17, 15) is 17.9 Å². The van der Waals surface area contributed by atoms with Gasteiger partial charge in [-0.3, -0.25) is 0 Å². The Morgan fingerprint density at radius 1 is 1.17 bits per heavy atom. The van der Waals surface area contributed by atoms with E-state index in [2.05, 4.69) is 9.71 Å². The quantitative estimate of drug-likeness (QED) is 0.680. The van der Waals surface area contributed by atoms with E-state index < -0.39 is 28.0 Å². The molecule has 7 heteroatoms. The molecule has 124 valence electrons. The molecule has 0 fully saturated rings. The average Bonchev–Trinajstić information content (AvgIpc) is 3.11. The van der Waals surface area contributed by atoms with Crippen molar-refractivity contribution < 1.29 is 17.9 Å². The number of hydrogen-bond donors (Lipinski definition) is 3. The van der Waals surface area contributed by atoms with Crippen molar-refractivity contribution in [3.05, 3.63) is 65.6 Å². The first-order valence-corrected chi connectivity index (χ1v) is 8.99. The Morgan fingerprint density at radius 3 is 2.79 bits per heavy atom. The maximum absolute atomic E-state index is 14.1. The summed E-state index contributed by atoms with van der Waals surface area (Å²) in [5.41, 5.74) is 2.06. The summed E-state index contributed by atoms with van der Waals surface area (Å²) < 4.78 is 42.1. The number of nitrogens with one attached hydrogen (secondary N) is 2. The van der Waals surface area contributed by atoms with Gasteiger partial charge in [0, 0.05) is 18.1 Å². The first kappa shape index (κ1) is 15.3. The molecule has 3 aromatic rings. The van der Waals surface area contributed by atoms with Gasteiger partial charge >= 0.3 is 0 Å². The minimum Gasteiger partial charge on any atom is -0.391 e. The highest BCUT2D eigenvalue weighted by atomic mass is 32.2. The fourth-order valence-electron chi connectivity index (χ4n) is 3.27. The van der Waals surface area contributed by atoms with Crippen molar-refractivity contribution in [2.45, 2.75) is 23.5 Å². The lowest BCUT2D eigenvalue weighted by atomic mass is 10.1. The maximum atomic E-state index is 14.1. The van der Waals surface area contributed by atoms with Crippen molar-refractivity contribution in [2.24, 2.45) is 0 Å². The highest BCUT2D eigenvalue weighted by Gasteiger charge is 2.35. The van der Waals surface area contributed by atoms with Gasteiger partial charge in [-0.15, -0.1) is 0 Å². The van der Waals surface area contributed by atoms with Crippen LogP contribution in [0.1, 0.15) is 17.2 Å². The van der Waals surface area contributed by atoms with E-state index in [1.54, 1.807) is 18.2 Å². The summed E-state index contributed by atoms with van der Waals surface area (Å²) in [5.74, 6) is -0.610. The van der Waals surface area contributed by atoms with Gasteiger partial charge in [0.1, 0.15) is 10.7 Å². The molecular weight excluding hydrogens is 331 g/mol. The van der Waals surface area contributed by atoms with Gasteiger partial charge in [-0.2, -0.15) is 0 Å². The fourth-order valence-corrected chi connectivity index (χ4v) is 4.70. The molecule has 4 rings (SSSR count). The highest BCUT2D eigenvalue weighted by Crippen LogP contribution is 2.33. The number of aromatic amines is 1. The van der Waals surface area contributed by atoms with E-state index in [-0.39, 0.29) is 10.3 Å². The van der Waals surface area contributed by atoms with E-state index in [4.69, 9.17) is 0 Å². The normalized spacial score (nSPS) is 20.4. The van der Waals surface area contributed by atoms with Crippen molar-refractivity contribution in [1.29, 1.82) is 0 Å². The van der Waals surface area contributed by atoms with Crippen molar-refractivity contribution >= 4 is 20.9 Å². The Hall–Kier alpha value is -2.22. The van der Waals surface area contributed by atoms with Crippen LogP contribution in [0, 0.1) is 5.82 Å². The number of aliphatic hydroxyl groups is 1. The van der Waals surface area contributed by atoms with Crippen LogP contribution in [0.5, 0.6) is 0 Å². The van der Waals surface area contributed by atoms with Crippen LogP contribution in [0.25, 0.3) is 10.9 Å². The van der Waals surface area contributed by atoms with Crippen LogP contribution in [0.4, 0.5) is 4.39 Å². The summed E-state index contributed by atoms with van der Waals surface area (Å²) in [7, 11) is -4.01. The third-order valence-electron chi connectivity index (χ3n) is 4.39. The Balaban J connectivity index is 1.76. The van der Waals surface area contributed by atoms with Gasteiger partial charge in [-0.1, -0.05) is 30.3 Å². The number of H-pyrrole nitrogens is 1. The first-order valence-electron chi connectivity index (χ1n) is 7.51. The molecule has 2 aromatic carbocycles. The Kier molecular flexibility index (Phi) is 3.45. The van der Waals surface area contributed by atoms with Gasteiger partial charge in [0.15, 0.2) is 0 Å².